The molecule has 1 amide bonds. The minimum Gasteiger partial charge on any atom is -0.477 e. The van der Waals surface area contributed by atoms with Gasteiger partial charge in [0.25, 0.3) is 5.91 Å². The van der Waals surface area contributed by atoms with Crippen molar-refractivity contribution in [1.29, 1.82) is 0 Å². The molecular formula is C24H41Cl2N5O2. The Morgan fingerprint density at radius 1 is 1.12 bits per heavy atom. The number of carbonyl (C=O) groups excluding carboxylic acids is 1. The van der Waals surface area contributed by atoms with Gasteiger partial charge in [-0.25, -0.2) is 4.68 Å². The maximum atomic E-state index is 13.5. The first-order chi connectivity index (χ1) is 15.0. The fourth-order valence-electron chi connectivity index (χ4n) is 6.83. The number of nitrogens with zero attached hydrogens (tertiary/aromatic N) is 3. The topological polar surface area (TPSA) is 71.4 Å². The van der Waals surface area contributed by atoms with Gasteiger partial charge in [0.1, 0.15) is 5.56 Å². The van der Waals surface area contributed by atoms with Crippen molar-refractivity contribution in [3.05, 3.63) is 11.8 Å². The number of hydrogen-bond donors (Lipinski definition) is 2. The summed E-state index contributed by atoms with van der Waals surface area (Å²) < 4.78 is 8.06. The first-order valence-corrected chi connectivity index (χ1v) is 12.4. The highest BCUT2D eigenvalue weighted by atomic mass is 35.5. The summed E-state index contributed by atoms with van der Waals surface area (Å²) in [5.74, 6) is 3.48. The lowest BCUT2D eigenvalue weighted by molar-refractivity contribution is -0.0167. The van der Waals surface area contributed by atoms with E-state index in [0.717, 1.165) is 76.3 Å². The second-order valence-electron chi connectivity index (χ2n) is 11.0. The molecule has 1 saturated heterocycles. The van der Waals surface area contributed by atoms with E-state index in [9.17, 15) is 4.79 Å². The van der Waals surface area contributed by atoms with E-state index in [1.165, 1.54) is 19.3 Å². The molecule has 188 valence electrons. The Morgan fingerprint density at radius 3 is 2.30 bits per heavy atom. The number of amides is 1. The molecule has 2 N–H and O–H groups in total. The molecule has 0 unspecified atom stereocenters. The van der Waals surface area contributed by atoms with Gasteiger partial charge in [0.2, 0.25) is 5.88 Å². The van der Waals surface area contributed by atoms with Crippen molar-refractivity contribution in [2.45, 2.75) is 64.5 Å². The van der Waals surface area contributed by atoms with E-state index < -0.39 is 0 Å². The Kier molecular flexibility index (Phi) is 8.98. The lowest BCUT2D eigenvalue weighted by atomic mass is 9.53. The van der Waals surface area contributed by atoms with Crippen molar-refractivity contribution in [3.8, 4) is 5.88 Å². The van der Waals surface area contributed by atoms with Crippen molar-refractivity contribution in [2.24, 2.45) is 23.7 Å². The Labute approximate surface area is 210 Å². The van der Waals surface area contributed by atoms with Crippen molar-refractivity contribution in [2.75, 3.05) is 39.3 Å². The van der Waals surface area contributed by atoms with Crippen LogP contribution in [-0.2, 0) is 6.54 Å². The largest absolute Gasteiger partial charge is 0.477 e. The van der Waals surface area contributed by atoms with Crippen LogP contribution in [0.1, 0.15) is 62.7 Å². The zero-order valence-electron chi connectivity index (χ0n) is 20.1. The van der Waals surface area contributed by atoms with E-state index in [0.29, 0.717) is 24.0 Å². The van der Waals surface area contributed by atoms with Gasteiger partial charge >= 0.3 is 0 Å². The van der Waals surface area contributed by atoms with Crippen LogP contribution >= 0.6 is 24.8 Å². The molecule has 0 radical (unpaired) electrons. The third-order valence-electron chi connectivity index (χ3n) is 7.84. The second-order valence-corrected chi connectivity index (χ2v) is 11.0. The van der Waals surface area contributed by atoms with Crippen LogP contribution in [0.2, 0.25) is 0 Å². The summed E-state index contributed by atoms with van der Waals surface area (Å²) in [7, 11) is 0. The van der Waals surface area contributed by atoms with E-state index in [4.69, 9.17) is 4.74 Å². The average Bonchev–Trinajstić information content (AvgIpc) is 3.13. The van der Waals surface area contributed by atoms with Gasteiger partial charge in [-0.2, -0.15) is 5.10 Å². The zero-order chi connectivity index (χ0) is 21.4. The van der Waals surface area contributed by atoms with Gasteiger partial charge in [-0.3, -0.25) is 9.69 Å². The van der Waals surface area contributed by atoms with Crippen LogP contribution in [0.3, 0.4) is 0 Å². The van der Waals surface area contributed by atoms with Crippen LogP contribution in [0.4, 0.5) is 0 Å². The van der Waals surface area contributed by atoms with Crippen LogP contribution < -0.4 is 15.4 Å². The van der Waals surface area contributed by atoms with Crippen molar-refractivity contribution >= 4 is 30.7 Å². The number of piperazine rings is 1. The summed E-state index contributed by atoms with van der Waals surface area (Å²) in [6.07, 6.45) is 9.33. The lowest BCUT2D eigenvalue weighted by Crippen LogP contribution is -2.59. The molecule has 0 atom stereocenters. The first kappa shape index (κ1) is 26.6. The third-order valence-corrected chi connectivity index (χ3v) is 7.84. The summed E-state index contributed by atoms with van der Waals surface area (Å²) in [6, 6.07) is 0. The van der Waals surface area contributed by atoms with Gasteiger partial charge in [0.15, 0.2) is 0 Å². The molecule has 6 rings (SSSR count). The molecule has 33 heavy (non-hydrogen) atoms. The van der Waals surface area contributed by atoms with Crippen LogP contribution in [-0.4, -0.2) is 65.5 Å². The van der Waals surface area contributed by atoms with Crippen LogP contribution in [0.25, 0.3) is 0 Å². The number of ether oxygens (including phenoxy) is 1. The molecule has 1 aromatic rings. The Bertz CT molecular complexity index is 759. The summed E-state index contributed by atoms with van der Waals surface area (Å²) >= 11 is 0. The lowest BCUT2D eigenvalue weighted by Gasteiger charge is -2.56. The third kappa shape index (κ3) is 5.98. The van der Waals surface area contributed by atoms with Gasteiger partial charge in [-0.05, 0) is 62.2 Å². The van der Waals surface area contributed by atoms with Gasteiger partial charge in [0.05, 0.1) is 19.3 Å². The predicted octanol–water partition coefficient (Wildman–Crippen LogP) is 3.37. The molecular weight excluding hydrogens is 461 g/mol. The molecule has 1 aliphatic heterocycles. The molecule has 1 aromatic heterocycles. The van der Waals surface area contributed by atoms with Gasteiger partial charge in [-0.15, -0.1) is 24.8 Å². The monoisotopic (exact) mass is 501 g/mol. The molecule has 9 heteroatoms. The van der Waals surface area contributed by atoms with Crippen LogP contribution in [0.15, 0.2) is 6.20 Å². The fourth-order valence-corrected chi connectivity index (χ4v) is 6.83. The Morgan fingerprint density at radius 2 is 1.73 bits per heavy atom. The van der Waals surface area contributed by atoms with E-state index in [1.807, 2.05) is 4.68 Å². The normalized spacial score (nSPS) is 30.6. The number of aromatic nitrogens is 2. The molecule has 4 aliphatic carbocycles. The highest BCUT2D eigenvalue weighted by molar-refractivity contribution is 5.96. The van der Waals surface area contributed by atoms with Crippen LogP contribution in [0, 0.1) is 23.7 Å². The van der Waals surface area contributed by atoms with E-state index in [2.05, 4.69) is 34.5 Å². The predicted molar refractivity (Wildman–Crippen MR) is 135 cm³/mol. The highest BCUT2D eigenvalue weighted by Crippen LogP contribution is 2.55. The molecule has 0 aromatic carbocycles. The number of carbonyl (C=O) groups is 1. The number of hydrogen-bond acceptors (Lipinski definition) is 5. The molecule has 4 bridgehead atoms. The molecule has 7 nitrogen and oxygen atoms in total. The standard InChI is InChI=1S/C24H39N5O2.2ClH/c1-17(2)16-31-23-21(15-26-29(23)8-7-28-5-3-25-4-6-28)22(30)27-24-12-18-9-19(13-24)11-20(10-18)14-24;;/h15,17-20,25H,3-14,16H2,1-2H3,(H,27,30);2*1H. The number of halogens is 2. The number of rotatable bonds is 8. The van der Waals surface area contributed by atoms with Crippen molar-refractivity contribution < 1.29 is 9.53 Å². The second kappa shape index (κ2) is 11.1. The van der Waals surface area contributed by atoms with E-state index >= 15 is 0 Å². The molecule has 5 fully saturated rings. The SMILES string of the molecule is CC(C)COc1c(C(=O)NC23CC4CC(CC(C4)C2)C3)cnn1CCN1CCNCC1.Cl.Cl. The molecule has 2 heterocycles. The van der Waals surface area contributed by atoms with Gasteiger partial charge in [0, 0.05) is 38.3 Å². The van der Waals surface area contributed by atoms with E-state index in [-0.39, 0.29) is 36.3 Å². The Balaban J connectivity index is 0.00000153. The maximum Gasteiger partial charge on any atom is 0.258 e. The quantitative estimate of drug-likeness (QED) is 0.571. The van der Waals surface area contributed by atoms with Gasteiger partial charge in [-0.1, -0.05) is 13.8 Å². The zero-order valence-corrected chi connectivity index (χ0v) is 21.7. The van der Waals surface area contributed by atoms with Crippen molar-refractivity contribution in [1.82, 2.24) is 25.3 Å². The highest BCUT2D eigenvalue weighted by Gasteiger charge is 2.51. The fraction of sp³-hybridized carbons (Fsp3) is 0.833. The average molecular weight is 503 g/mol. The smallest absolute Gasteiger partial charge is 0.258 e. The molecule has 0 spiro atoms. The first-order valence-electron chi connectivity index (χ1n) is 12.4. The summed E-state index contributed by atoms with van der Waals surface area (Å²) in [5.41, 5.74) is 0.612. The molecule has 4 saturated carbocycles. The minimum absolute atomic E-state index is 0. The summed E-state index contributed by atoms with van der Waals surface area (Å²) in [4.78, 5) is 15.9. The summed E-state index contributed by atoms with van der Waals surface area (Å²) in [5, 5.41) is 11.5. The maximum absolute atomic E-state index is 13.5. The summed E-state index contributed by atoms with van der Waals surface area (Å²) in [6.45, 7) is 10.7. The van der Waals surface area contributed by atoms with Crippen LogP contribution in [0.5, 0.6) is 5.88 Å². The molecule has 5 aliphatic rings. The van der Waals surface area contributed by atoms with Crippen molar-refractivity contribution in [3.63, 3.8) is 0 Å². The Hall–Kier alpha value is -1.02. The van der Waals surface area contributed by atoms with Gasteiger partial charge < -0.3 is 15.4 Å². The number of nitrogens with one attached hydrogen (secondary N) is 2. The minimum atomic E-state index is 0. The van der Waals surface area contributed by atoms with E-state index in [1.54, 1.807) is 6.20 Å².